The van der Waals surface area contributed by atoms with Crippen molar-refractivity contribution in [1.82, 2.24) is 14.8 Å². The van der Waals surface area contributed by atoms with Crippen LogP contribution in [-0.2, 0) is 17.9 Å². The zero-order chi connectivity index (χ0) is 25.5. The molecule has 0 aliphatic rings. The molecule has 188 valence electrons. The lowest BCUT2D eigenvalue weighted by Crippen LogP contribution is -2.16. The van der Waals surface area contributed by atoms with E-state index >= 15 is 0 Å². The van der Waals surface area contributed by atoms with E-state index in [0.29, 0.717) is 35.4 Å². The Morgan fingerprint density at radius 2 is 1.89 bits per heavy atom. The Morgan fingerprint density at radius 3 is 2.61 bits per heavy atom. The number of aromatic nitrogens is 3. The van der Waals surface area contributed by atoms with Gasteiger partial charge in [0.05, 0.1) is 45.0 Å². The van der Waals surface area contributed by atoms with Crippen LogP contribution in [0.3, 0.4) is 0 Å². The highest BCUT2D eigenvalue weighted by atomic mass is 32.2. The van der Waals surface area contributed by atoms with Gasteiger partial charge < -0.3 is 24.5 Å². The number of anilines is 2. The molecule has 2 N–H and O–H groups in total. The SMILES string of the molecule is COc1ccc(NC(=O)CSc2nnc(CNc3ccc(C)cc3C)n2Cc2ccco2)c(OC)c1. The Morgan fingerprint density at radius 1 is 1.06 bits per heavy atom. The summed E-state index contributed by atoms with van der Waals surface area (Å²) in [5.74, 6) is 2.64. The Bertz CT molecular complexity index is 1320. The number of hydrogen-bond acceptors (Lipinski definition) is 8. The number of carbonyl (C=O) groups excluding carboxylic acids is 1. The second kappa shape index (κ2) is 11.7. The molecule has 0 fully saturated rings. The molecule has 2 aromatic carbocycles. The van der Waals surface area contributed by atoms with E-state index in [4.69, 9.17) is 13.9 Å². The monoisotopic (exact) mass is 507 g/mol. The average Bonchev–Trinajstić information content (AvgIpc) is 3.53. The van der Waals surface area contributed by atoms with Gasteiger partial charge in [0, 0.05) is 11.8 Å². The van der Waals surface area contributed by atoms with Gasteiger partial charge in [0.2, 0.25) is 5.91 Å². The number of hydrogen-bond donors (Lipinski definition) is 2. The van der Waals surface area contributed by atoms with E-state index in [1.165, 1.54) is 17.3 Å². The summed E-state index contributed by atoms with van der Waals surface area (Å²) in [5, 5.41) is 15.7. The van der Waals surface area contributed by atoms with Gasteiger partial charge >= 0.3 is 0 Å². The number of benzene rings is 2. The lowest BCUT2D eigenvalue weighted by Gasteiger charge is -2.13. The molecule has 0 spiro atoms. The van der Waals surface area contributed by atoms with Crippen molar-refractivity contribution in [3.8, 4) is 11.5 Å². The minimum Gasteiger partial charge on any atom is -0.497 e. The summed E-state index contributed by atoms with van der Waals surface area (Å²) in [6.07, 6.45) is 1.63. The van der Waals surface area contributed by atoms with E-state index in [-0.39, 0.29) is 11.7 Å². The number of rotatable bonds is 11. The lowest BCUT2D eigenvalue weighted by molar-refractivity contribution is -0.113. The van der Waals surface area contributed by atoms with Crippen LogP contribution < -0.4 is 20.1 Å². The third kappa shape index (κ3) is 6.19. The Labute approximate surface area is 214 Å². The maximum atomic E-state index is 12.7. The van der Waals surface area contributed by atoms with Gasteiger partial charge in [-0.25, -0.2) is 0 Å². The molecule has 0 aliphatic heterocycles. The molecular formula is C26H29N5O4S. The Balaban J connectivity index is 1.46. The fraction of sp³-hybridized carbons (Fsp3) is 0.269. The quantitative estimate of drug-likeness (QED) is 0.277. The summed E-state index contributed by atoms with van der Waals surface area (Å²) in [5.41, 5.74) is 3.98. The number of ether oxygens (including phenoxy) is 2. The van der Waals surface area contributed by atoms with Crippen LogP contribution >= 0.6 is 11.8 Å². The van der Waals surface area contributed by atoms with Crippen molar-refractivity contribution in [1.29, 1.82) is 0 Å². The van der Waals surface area contributed by atoms with Crippen molar-refractivity contribution in [2.24, 2.45) is 0 Å². The van der Waals surface area contributed by atoms with E-state index in [9.17, 15) is 4.79 Å². The minimum absolute atomic E-state index is 0.149. The van der Waals surface area contributed by atoms with Gasteiger partial charge in [-0.05, 0) is 49.7 Å². The first-order chi connectivity index (χ1) is 17.5. The average molecular weight is 508 g/mol. The van der Waals surface area contributed by atoms with Crippen molar-refractivity contribution < 1.29 is 18.7 Å². The van der Waals surface area contributed by atoms with Crippen LogP contribution in [0, 0.1) is 13.8 Å². The van der Waals surface area contributed by atoms with Crippen molar-refractivity contribution >= 4 is 29.0 Å². The van der Waals surface area contributed by atoms with Crippen LogP contribution in [0.4, 0.5) is 11.4 Å². The molecule has 36 heavy (non-hydrogen) atoms. The van der Waals surface area contributed by atoms with Crippen molar-refractivity contribution in [3.63, 3.8) is 0 Å². The largest absolute Gasteiger partial charge is 0.497 e. The van der Waals surface area contributed by atoms with Gasteiger partial charge in [-0.1, -0.05) is 29.5 Å². The summed E-state index contributed by atoms with van der Waals surface area (Å²) >= 11 is 1.31. The molecule has 2 aromatic heterocycles. The topological polar surface area (TPSA) is 103 Å². The van der Waals surface area contributed by atoms with Gasteiger partial charge in [0.15, 0.2) is 11.0 Å². The third-order valence-corrected chi connectivity index (χ3v) is 6.49. The molecule has 9 nitrogen and oxygen atoms in total. The first kappa shape index (κ1) is 25.2. The maximum absolute atomic E-state index is 12.7. The van der Waals surface area contributed by atoms with Crippen molar-refractivity contribution in [2.45, 2.75) is 32.1 Å². The molecule has 2 heterocycles. The molecule has 4 rings (SSSR count). The summed E-state index contributed by atoms with van der Waals surface area (Å²) in [7, 11) is 3.12. The van der Waals surface area contributed by atoms with Crippen LogP contribution in [-0.4, -0.2) is 40.6 Å². The summed E-state index contributed by atoms with van der Waals surface area (Å²) < 4.78 is 18.1. The van der Waals surface area contributed by atoms with Gasteiger partial charge in [0.25, 0.3) is 0 Å². The molecule has 0 saturated heterocycles. The zero-order valence-electron chi connectivity index (χ0n) is 20.7. The fourth-order valence-corrected chi connectivity index (χ4v) is 4.43. The van der Waals surface area contributed by atoms with E-state index in [1.54, 1.807) is 38.7 Å². The molecule has 0 aliphatic carbocycles. The normalized spacial score (nSPS) is 10.8. The Kier molecular flexibility index (Phi) is 8.17. The van der Waals surface area contributed by atoms with Crippen molar-refractivity contribution in [2.75, 3.05) is 30.6 Å². The van der Waals surface area contributed by atoms with Crippen LogP contribution in [0.2, 0.25) is 0 Å². The van der Waals surface area contributed by atoms with Crippen LogP contribution in [0.1, 0.15) is 22.7 Å². The minimum atomic E-state index is -0.189. The standard InChI is InChI=1S/C26H29N5O4S/c1-17-7-9-21(18(2)12-17)27-14-24-29-30-26(31(24)15-20-6-5-11-35-20)36-16-25(32)28-22-10-8-19(33-3)13-23(22)34-4/h5-13,27H,14-16H2,1-4H3,(H,28,32). The molecule has 0 saturated carbocycles. The maximum Gasteiger partial charge on any atom is 0.234 e. The second-order valence-electron chi connectivity index (χ2n) is 8.14. The zero-order valence-corrected chi connectivity index (χ0v) is 21.5. The molecule has 0 radical (unpaired) electrons. The highest BCUT2D eigenvalue weighted by Crippen LogP contribution is 2.29. The van der Waals surface area contributed by atoms with Crippen LogP contribution in [0.25, 0.3) is 0 Å². The molecule has 0 unspecified atom stereocenters. The van der Waals surface area contributed by atoms with E-state index < -0.39 is 0 Å². The number of methoxy groups -OCH3 is 2. The predicted octanol–water partition coefficient (Wildman–Crippen LogP) is 4.90. The van der Waals surface area contributed by atoms with Gasteiger partial charge in [-0.3, -0.25) is 9.36 Å². The van der Waals surface area contributed by atoms with Gasteiger partial charge in [-0.2, -0.15) is 0 Å². The number of amides is 1. The third-order valence-electron chi connectivity index (χ3n) is 5.52. The Hall–Kier alpha value is -3.92. The number of aryl methyl sites for hydroxylation is 2. The highest BCUT2D eigenvalue weighted by Gasteiger charge is 2.17. The number of thioether (sulfide) groups is 1. The number of furan rings is 1. The number of nitrogens with one attached hydrogen (secondary N) is 2. The van der Waals surface area contributed by atoms with Crippen molar-refractivity contribution in [3.05, 3.63) is 77.5 Å². The summed E-state index contributed by atoms with van der Waals surface area (Å²) in [6, 6.07) is 15.2. The highest BCUT2D eigenvalue weighted by molar-refractivity contribution is 7.99. The van der Waals surface area contributed by atoms with E-state index in [0.717, 1.165) is 22.8 Å². The van der Waals surface area contributed by atoms with Gasteiger partial charge in [-0.15, -0.1) is 10.2 Å². The van der Waals surface area contributed by atoms with Crippen LogP contribution in [0.15, 0.2) is 64.4 Å². The second-order valence-corrected chi connectivity index (χ2v) is 9.08. The molecule has 10 heteroatoms. The number of carbonyl (C=O) groups is 1. The first-order valence-corrected chi connectivity index (χ1v) is 12.4. The molecule has 0 atom stereocenters. The van der Waals surface area contributed by atoms with E-state index in [1.807, 2.05) is 16.7 Å². The van der Waals surface area contributed by atoms with Gasteiger partial charge in [0.1, 0.15) is 17.3 Å². The lowest BCUT2D eigenvalue weighted by atomic mass is 10.1. The first-order valence-electron chi connectivity index (χ1n) is 11.4. The number of nitrogens with zero attached hydrogens (tertiary/aromatic N) is 3. The fourth-order valence-electron chi connectivity index (χ4n) is 3.68. The molecule has 4 aromatic rings. The predicted molar refractivity (Wildman–Crippen MR) is 140 cm³/mol. The molecule has 0 bridgehead atoms. The summed E-state index contributed by atoms with van der Waals surface area (Å²) in [6.45, 7) is 5.08. The molecular weight excluding hydrogens is 478 g/mol. The van der Waals surface area contributed by atoms with E-state index in [2.05, 4.69) is 52.9 Å². The summed E-state index contributed by atoms with van der Waals surface area (Å²) in [4.78, 5) is 12.7. The smallest absolute Gasteiger partial charge is 0.234 e. The molecule has 1 amide bonds. The van der Waals surface area contributed by atoms with Crippen LogP contribution in [0.5, 0.6) is 11.5 Å².